The van der Waals surface area contributed by atoms with Crippen molar-refractivity contribution >= 4 is 11.3 Å². The maximum atomic E-state index is 5.56. The monoisotopic (exact) mass is 235 g/mol. The number of hydrogen-bond donors (Lipinski definition) is 1. The Bertz CT molecular complexity index is 511. The summed E-state index contributed by atoms with van der Waals surface area (Å²) in [5.74, 6) is 1.86. The molecule has 0 unspecified atom stereocenters. The van der Waals surface area contributed by atoms with Gasteiger partial charge in [-0.25, -0.2) is 4.98 Å². The Labute approximate surface area is 97.3 Å². The Morgan fingerprint density at radius 2 is 2.31 bits per heavy atom. The molecule has 0 saturated heterocycles. The van der Waals surface area contributed by atoms with Crippen LogP contribution < -0.4 is 5.73 Å². The second-order valence-electron chi connectivity index (χ2n) is 4.00. The lowest BCUT2D eigenvalue weighted by Crippen LogP contribution is -2.00. The molecule has 6 heteroatoms. The van der Waals surface area contributed by atoms with Crippen molar-refractivity contribution in [3.05, 3.63) is 16.2 Å². The molecule has 0 bridgehead atoms. The van der Waals surface area contributed by atoms with Crippen LogP contribution in [0.25, 0.3) is 11.5 Å². The third-order valence-electron chi connectivity index (χ3n) is 2.73. The zero-order valence-corrected chi connectivity index (χ0v) is 9.87. The number of hydrogen-bond acceptors (Lipinski definition) is 5. The van der Waals surface area contributed by atoms with Crippen molar-refractivity contribution in [1.82, 2.24) is 19.7 Å². The topological polar surface area (TPSA) is 69.6 Å². The molecule has 0 aromatic carbocycles. The van der Waals surface area contributed by atoms with Crippen LogP contribution in [0.15, 0.2) is 5.38 Å². The summed E-state index contributed by atoms with van der Waals surface area (Å²) in [4.78, 5) is 4.45. The molecule has 2 heterocycles. The van der Waals surface area contributed by atoms with Crippen LogP contribution in [0.3, 0.4) is 0 Å². The van der Waals surface area contributed by atoms with Crippen LogP contribution in [0.4, 0.5) is 0 Å². The Morgan fingerprint density at radius 3 is 2.94 bits per heavy atom. The molecule has 1 saturated carbocycles. The van der Waals surface area contributed by atoms with Gasteiger partial charge in [0.05, 0.1) is 0 Å². The maximum Gasteiger partial charge on any atom is 0.183 e. The van der Waals surface area contributed by atoms with E-state index in [2.05, 4.69) is 19.7 Å². The van der Waals surface area contributed by atoms with Gasteiger partial charge in [-0.1, -0.05) is 0 Å². The second-order valence-corrected chi connectivity index (χ2v) is 4.95. The van der Waals surface area contributed by atoms with Crippen LogP contribution in [0.1, 0.15) is 29.7 Å². The summed E-state index contributed by atoms with van der Waals surface area (Å²) in [6, 6.07) is 0.577. The van der Waals surface area contributed by atoms with Crippen LogP contribution >= 0.6 is 11.3 Å². The molecule has 0 atom stereocenters. The third-order valence-corrected chi connectivity index (χ3v) is 3.60. The molecule has 2 N–H and O–H groups in total. The number of thiazole rings is 1. The van der Waals surface area contributed by atoms with Gasteiger partial charge >= 0.3 is 0 Å². The zero-order chi connectivity index (χ0) is 11.1. The first-order valence-electron chi connectivity index (χ1n) is 5.36. The smallest absolute Gasteiger partial charge is 0.183 e. The lowest BCUT2D eigenvalue weighted by atomic mass is 10.4. The van der Waals surface area contributed by atoms with Crippen LogP contribution in [-0.2, 0) is 6.54 Å². The van der Waals surface area contributed by atoms with Gasteiger partial charge in [0.1, 0.15) is 16.5 Å². The molecular weight excluding hydrogens is 222 g/mol. The van der Waals surface area contributed by atoms with E-state index in [0.717, 1.165) is 22.4 Å². The standard InChI is InChI=1S/C10H13N5S/c1-6-13-14-10(15(6)7-2-3-7)8-5-16-9(4-11)12-8/h5,7H,2-4,11H2,1H3. The van der Waals surface area contributed by atoms with Gasteiger partial charge in [-0.3, -0.25) is 0 Å². The minimum Gasteiger partial charge on any atom is -0.325 e. The van der Waals surface area contributed by atoms with E-state index in [0.29, 0.717) is 12.6 Å². The van der Waals surface area contributed by atoms with E-state index in [4.69, 9.17) is 5.73 Å². The molecule has 1 fully saturated rings. The molecule has 0 amide bonds. The van der Waals surface area contributed by atoms with Crippen LogP contribution in [0, 0.1) is 6.92 Å². The SMILES string of the molecule is Cc1nnc(-c2csc(CN)n2)n1C1CC1. The minimum atomic E-state index is 0.487. The summed E-state index contributed by atoms with van der Waals surface area (Å²) >= 11 is 1.58. The molecule has 3 rings (SSSR count). The van der Waals surface area contributed by atoms with Gasteiger partial charge in [0.15, 0.2) is 5.82 Å². The number of nitrogens with zero attached hydrogens (tertiary/aromatic N) is 4. The second kappa shape index (κ2) is 3.64. The highest BCUT2D eigenvalue weighted by Gasteiger charge is 2.29. The van der Waals surface area contributed by atoms with Crippen molar-refractivity contribution in [3.63, 3.8) is 0 Å². The highest BCUT2D eigenvalue weighted by atomic mass is 32.1. The fraction of sp³-hybridized carbons (Fsp3) is 0.500. The van der Waals surface area contributed by atoms with Crippen LogP contribution in [-0.4, -0.2) is 19.7 Å². The minimum absolute atomic E-state index is 0.487. The van der Waals surface area contributed by atoms with Crippen LogP contribution in [0.5, 0.6) is 0 Å². The van der Waals surface area contributed by atoms with E-state index in [1.165, 1.54) is 12.8 Å². The Balaban J connectivity index is 2.05. The first-order chi connectivity index (χ1) is 7.79. The van der Waals surface area contributed by atoms with E-state index >= 15 is 0 Å². The summed E-state index contributed by atoms with van der Waals surface area (Å²) in [6.07, 6.45) is 2.44. The zero-order valence-electron chi connectivity index (χ0n) is 9.05. The van der Waals surface area contributed by atoms with Gasteiger partial charge in [0.25, 0.3) is 0 Å². The number of aromatic nitrogens is 4. The van der Waals surface area contributed by atoms with Crippen LogP contribution in [0.2, 0.25) is 0 Å². The Hall–Kier alpha value is -1.27. The Kier molecular flexibility index (Phi) is 2.26. The van der Waals surface area contributed by atoms with E-state index in [9.17, 15) is 0 Å². The quantitative estimate of drug-likeness (QED) is 0.875. The average molecular weight is 235 g/mol. The molecule has 2 aromatic rings. The fourth-order valence-corrected chi connectivity index (χ4v) is 2.47. The van der Waals surface area contributed by atoms with Gasteiger partial charge < -0.3 is 10.3 Å². The van der Waals surface area contributed by atoms with Gasteiger partial charge in [-0.15, -0.1) is 21.5 Å². The third kappa shape index (κ3) is 1.54. The molecule has 2 aromatic heterocycles. The van der Waals surface area contributed by atoms with Crippen molar-refractivity contribution in [1.29, 1.82) is 0 Å². The van der Waals surface area contributed by atoms with Gasteiger partial charge in [-0.05, 0) is 19.8 Å². The summed E-state index contributed by atoms with van der Waals surface area (Å²) in [5, 5.41) is 11.3. The lowest BCUT2D eigenvalue weighted by Gasteiger charge is -2.03. The summed E-state index contributed by atoms with van der Waals surface area (Å²) in [6.45, 7) is 2.48. The number of aryl methyl sites for hydroxylation is 1. The van der Waals surface area contributed by atoms with Crippen molar-refractivity contribution in [2.75, 3.05) is 0 Å². The van der Waals surface area contributed by atoms with E-state index in [1.807, 2.05) is 12.3 Å². The van der Waals surface area contributed by atoms with Gasteiger partial charge in [0.2, 0.25) is 0 Å². The molecule has 1 aliphatic carbocycles. The van der Waals surface area contributed by atoms with E-state index in [-0.39, 0.29) is 0 Å². The Morgan fingerprint density at radius 1 is 1.50 bits per heavy atom. The predicted octanol–water partition coefficient (Wildman–Crippen LogP) is 1.50. The molecule has 16 heavy (non-hydrogen) atoms. The molecular formula is C10H13N5S. The van der Waals surface area contributed by atoms with Crippen molar-refractivity contribution in [2.45, 2.75) is 32.4 Å². The summed E-state index contributed by atoms with van der Waals surface area (Å²) in [5.41, 5.74) is 6.46. The van der Waals surface area contributed by atoms with Crippen molar-refractivity contribution in [3.8, 4) is 11.5 Å². The van der Waals surface area contributed by atoms with E-state index < -0.39 is 0 Å². The fourth-order valence-electron chi connectivity index (χ4n) is 1.82. The normalized spacial score (nSPS) is 15.6. The number of nitrogens with two attached hydrogens (primary N) is 1. The number of rotatable bonds is 3. The molecule has 0 aliphatic heterocycles. The summed E-state index contributed by atoms with van der Waals surface area (Å²) < 4.78 is 2.19. The maximum absolute atomic E-state index is 5.56. The highest BCUT2D eigenvalue weighted by molar-refractivity contribution is 7.09. The lowest BCUT2D eigenvalue weighted by molar-refractivity contribution is 0.715. The highest BCUT2D eigenvalue weighted by Crippen LogP contribution is 2.38. The van der Waals surface area contributed by atoms with Crippen molar-refractivity contribution in [2.24, 2.45) is 5.73 Å². The first-order valence-corrected chi connectivity index (χ1v) is 6.24. The molecule has 5 nitrogen and oxygen atoms in total. The first kappa shape index (κ1) is 9.92. The van der Waals surface area contributed by atoms with Gasteiger partial charge in [0, 0.05) is 18.0 Å². The average Bonchev–Trinajstić information content (AvgIpc) is 2.88. The molecule has 84 valence electrons. The molecule has 0 spiro atoms. The largest absolute Gasteiger partial charge is 0.325 e. The van der Waals surface area contributed by atoms with Gasteiger partial charge in [-0.2, -0.15) is 0 Å². The van der Waals surface area contributed by atoms with Crippen molar-refractivity contribution < 1.29 is 0 Å². The summed E-state index contributed by atoms with van der Waals surface area (Å²) in [7, 11) is 0. The van der Waals surface area contributed by atoms with E-state index in [1.54, 1.807) is 11.3 Å². The molecule has 1 aliphatic rings. The molecule has 0 radical (unpaired) electrons. The predicted molar refractivity (Wildman–Crippen MR) is 62.0 cm³/mol.